The quantitative estimate of drug-likeness (QED) is 0.678. The van der Waals surface area contributed by atoms with Crippen LogP contribution in [0.1, 0.15) is 19.3 Å². The Kier molecular flexibility index (Phi) is 4.55. The first-order chi connectivity index (χ1) is 9.13. The maximum Gasteiger partial charge on any atom is 0.289 e. The van der Waals surface area contributed by atoms with Crippen molar-refractivity contribution in [1.29, 1.82) is 0 Å². The summed E-state index contributed by atoms with van der Waals surface area (Å²) in [5.74, 6) is 0.646. The summed E-state index contributed by atoms with van der Waals surface area (Å²) in [4.78, 5) is 16.5. The van der Waals surface area contributed by atoms with E-state index in [1.165, 1.54) is 18.7 Å². The van der Waals surface area contributed by atoms with Crippen molar-refractivity contribution in [3.05, 3.63) is 27.4 Å². The van der Waals surface area contributed by atoms with Gasteiger partial charge in [0, 0.05) is 25.2 Å². The van der Waals surface area contributed by atoms with Crippen LogP contribution in [0.4, 0.5) is 11.5 Å². The van der Waals surface area contributed by atoms with Crippen LogP contribution < -0.4 is 10.2 Å². The molecule has 7 heteroatoms. The minimum absolute atomic E-state index is 0.0732. The van der Waals surface area contributed by atoms with E-state index in [2.05, 4.69) is 15.2 Å². The lowest BCUT2D eigenvalue weighted by molar-refractivity contribution is -0.385. The molecule has 0 radical (unpaired) electrons. The number of piperidine rings is 1. The zero-order valence-electron chi connectivity index (χ0n) is 10.8. The van der Waals surface area contributed by atoms with Crippen molar-refractivity contribution < 1.29 is 4.92 Å². The molecule has 0 amide bonds. The lowest BCUT2D eigenvalue weighted by Gasteiger charge is -2.37. The molecule has 0 aromatic carbocycles. The average molecular weight is 285 g/mol. The second-order valence-corrected chi connectivity index (χ2v) is 5.06. The van der Waals surface area contributed by atoms with Crippen LogP contribution >= 0.6 is 11.6 Å². The van der Waals surface area contributed by atoms with E-state index < -0.39 is 4.92 Å². The number of hydrogen-bond donors (Lipinski definition) is 1. The summed E-state index contributed by atoms with van der Waals surface area (Å²) in [6.07, 6.45) is 4.63. The van der Waals surface area contributed by atoms with Crippen LogP contribution in [0.2, 0.25) is 5.02 Å². The fourth-order valence-electron chi connectivity index (χ4n) is 2.46. The summed E-state index contributed by atoms with van der Waals surface area (Å²) in [6, 6.07) is 1.71. The van der Waals surface area contributed by atoms with Crippen molar-refractivity contribution in [3.8, 4) is 0 Å². The van der Waals surface area contributed by atoms with Gasteiger partial charge in [-0.2, -0.15) is 0 Å². The van der Waals surface area contributed by atoms with E-state index in [-0.39, 0.29) is 5.69 Å². The summed E-state index contributed by atoms with van der Waals surface area (Å²) >= 11 is 6.14. The summed E-state index contributed by atoms with van der Waals surface area (Å²) < 4.78 is 0. The van der Waals surface area contributed by atoms with Gasteiger partial charge in [0.1, 0.15) is 12.0 Å². The Hall–Kier alpha value is -1.40. The number of nitro groups is 1. The molecule has 0 saturated carbocycles. The van der Waals surface area contributed by atoms with Crippen molar-refractivity contribution >= 4 is 23.1 Å². The van der Waals surface area contributed by atoms with E-state index in [0.29, 0.717) is 16.9 Å². The van der Waals surface area contributed by atoms with Gasteiger partial charge in [0.15, 0.2) is 0 Å². The van der Waals surface area contributed by atoms with Crippen LogP contribution in [0.5, 0.6) is 0 Å². The van der Waals surface area contributed by atoms with Gasteiger partial charge in [-0.1, -0.05) is 11.6 Å². The van der Waals surface area contributed by atoms with Gasteiger partial charge in [-0.15, -0.1) is 0 Å². The van der Waals surface area contributed by atoms with Gasteiger partial charge in [-0.05, 0) is 26.3 Å². The predicted molar refractivity (Wildman–Crippen MR) is 74.8 cm³/mol. The monoisotopic (exact) mass is 284 g/mol. The van der Waals surface area contributed by atoms with E-state index in [1.54, 1.807) is 0 Å². The van der Waals surface area contributed by atoms with Crippen LogP contribution in [0, 0.1) is 10.1 Å². The maximum absolute atomic E-state index is 10.7. The largest absolute Gasteiger partial charge is 0.351 e. The first-order valence-electron chi connectivity index (χ1n) is 6.34. The molecule has 1 saturated heterocycles. The van der Waals surface area contributed by atoms with Gasteiger partial charge in [0.25, 0.3) is 5.69 Å². The third-order valence-electron chi connectivity index (χ3n) is 3.36. The zero-order chi connectivity index (χ0) is 13.8. The highest BCUT2D eigenvalue weighted by Crippen LogP contribution is 2.31. The maximum atomic E-state index is 10.7. The van der Waals surface area contributed by atoms with Crippen molar-refractivity contribution in [2.24, 2.45) is 0 Å². The molecule has 0 aliphatic carbocycles. The molecule has 1 fully saturated rings. The number of aromatic nitrogens is 1. The lowest BCUT2D eigenvalue weighted by atomic mass is 10.0. The first-order valence-corrected chi connectivity index (χ1v) is 6.72. The highest BCUT2D eigenvalue weighted by Gasteiger charge is 2.25. The number of nitrogens with one attached hydrogen (secondary N) is 1. The van der Waals surface area contributed by atoms with Crippen molar-refractivity contribution in [3.63, 3.8) is 0 Å². The minimum atomic E-state index is -0.482. The summed E-state index contributed by atoms with van der Waals surface area (Å²) in [6.45, 7) is 1.74. The molecule has 1 aliphatic heterocycles. The second kappa shape index (κ2) is 6.16. The van der Waals surface area contributed by atoms with Crippen LogP contribution in [-0.4, -0.2) is 36.1 Å². The highest BCUT2D eigenvalue weighted by molar-refractivity contribution is 6.33. The van der Waals surface area contributed by atoms with Gasteiger partial charge < -0.3 is 10.2 Å². The van der Waals surface area contributed by atoms with Gasteiger partial charge in [0.2, 0.25) is 0 Å². The van der Waals surface area contributed by atoms with E-state index in [0.717, 1.165) is 25.9 Å². The van der Waals surface area contributed by atoms with Crippen molar-refractivity contribution in [2.75, 3.05) is 25.0 Å². The standard InChI is InChI=1S/C12H17ClN4O2/c1-14-7-9-4-2-3-5-16(9)12-11(13)6-10(8-15-12)17(18)19/h6,8-9,14H,2-5,7H2,1H3. The zero-order valence-corrected chi connectivity index (χ0v) is 11.6. The predicted octanol–water partition coefficient (Wildman–Crippen LogP) is 2.22. The molecule has 2 rings (SSSR count). The Morgan fingerprint density at radius 3 is 3.05 bits per heavy atom. The Bertz CT molecular complexity index is 467. The molecule has 104 valence electrons. The smallest absolute Gasteiger partial charge is 0.289 e. The molecule has 1 aromatic heterocycles. The molecular formula is C12H17ClN4O2. The van der Waals surface area contributed by atoms with Gasteiger partial charge in [-0.25, -0.2) is 4.98 Å². The number of halogens is 1. The Balaban J connectivity index is 2.26. The first kappa shape index (κ1) is 14.0. The molecular weight excluding hydrogens is 268 g/mol. The van der Waals surface area contributed by atoms with E-state index >= 15 is 0 Å². The van der Waals surface area contributed by atoms with E-state index in [1.807, 2.05) is 7.05 Å². The Morgan fingerprint density at radius 2 is 2.42 bits per heavy atom. The number of likely N-dealkylation sites (N-methyl/N-ethyl adjacent to an activating group) is 1. The van der Waals surface area contributed by atoms with Gasteiger partial charge >= 0.3 is 0 Å². The molecule has 0 bridgehead atoms. The normalized spacial score (nSPS) is 19.5. The molecule has 1 N–H and O–H groups in total. The summed E-state index contributed by atoms with van der Waals surface area (Å²) in [5.41, 5.74) is -0.0732. The Morgan fingerprint density at radius 1 is 1.63 bits per heavy atom. The van der Waals surface area contributed by atoms with Crippen LogP contribution in [-0.2, 0) is 0 Å². The van der Waals surface area contributed by atoms with E-state index in [4.69, 9.17) is 11.6 Å². The highest BCUT2D eigenvalue weighted by atomic mass is 35.5. The molecule has 1 atom stereocenters. The third-order valence-corrected chi connectivity index (χ3v) is 3.64. The van der Waals surface area contributed by atoms with Crippen LogP contribution in [0.25, 0.3) is 0 Å². The molecule has 19 heavy (non-hydrogen) atoms. The van der Waals surface area contributed by atoms with Gasteiger partial charge in [-0.3, -0.25) is 10.1 Å². The van der Waals surface area contributed by atoms with Crippen molar-refractivity contribution in [2.45, 2.75) is 25.3 Å². The number of nitrogens with zero attached hydrogens (tertiary/aromatic N) is 3. The third kappa shape index (κ3) is 3.13. The lowest BCUT2D eigenvalue weighted by Crippen LogP contribution is -2.45. The van der Waals surface area contributed by atoms with Crippen LogP contribution in [0.3, 0.4) is 0 Å². The fraction of sp³-hybridized carbons (Fsp3) is 0.583. The fourth-order valence-corrected chi connectivity index (χ4v) is 2.73. The van der Waals surface area contributed by atoms with E-state index in [9.17, 15) is 10.1 Å². The number of pyridine rings is 1. The summed E-state index contributed by atoms with van der Waals surface area (Å²) in [7, 11) is 1.91. The van der Waals surface area contributed by atoms with Crippen molar-refractivity contribution in [1.82, 2.24) is 10.3 Å². The molecule has 1 aromatic rings. The summed E-state index contributed by atoms with van der Waals surface area (Å²) in [5, 5.41) is 14.2. The van der Waals surface area contributed by atoms with Gasteiger partial charge in [0.05, 0.1) is 9.95 Å². The van der Waals surface area contributed by atoms with Crippen LogP contribution in [0.15, 0.2) is 12.3 Å². The molecule has 0 spiro atoms. The topological polar surface area (TPSA) is 71.3 Å². The number of rotatable bonds is 4. The Labute approximate surface area is 116 Å². The SMILES string of the molecule is CNCC1CCCCN1c1ncc([N+](=O)[O-])cc1Cl. The number of hydrogen-bond acceptors (Lipinski definition) is 5. The minimum Gasteiger partial charge on any atom is -0.351 e. The molecule has 2 heterocycles. The molecule has 1 aliphatic rings. The molecule has 6 nitrogen and oxygen atoms in total. The second-order valence-electron chi connectivity index (χ2n) is 4.66. The average Bonchev–Trinajstić information content (AvgIpc) is 2.40. The number of anilines is 1. The molecule has 1 unspecified atom stereocenters.